The first-order chi connectivity index (χ1) is 9.74. The molecule has 0 radical (unpaired) electrons. The monoisotopic (exact) mass is 292 g/mol. The molecule has 1 N–H and O–H groups in total. The highest BCUT2D eigenvalue weighted by atomic mass is 32.1. The Hall–Kier alpha value is -1.86. The molecule has 1 saturated heterocycles. The van der Waals surface area contributed by atoms with Crippen LogP contribution in [0.15, 0.2) is 29.4 Å². The lowest BCUT2D eigenvalue weighted by molar-refractivity contribution is 0.102. The molecule has 0 saturated carbocycles. The largest absolute Gasteiger partial charge is 0.370 e. The molecule has 1 aromatic heterocycles. The fourth-order valence-corrected chi connectivity index (χ4v) is 2.30. The number of H-pyrrole nitrogens is 1. The van der Waals surface area contributed by atoms with Gasteiger partial charge in [0.1, 0.15) is 11.9 Å². The molecule has 1 aromatic carbocycles. The van der Waals surface area contributed by atoms with Gasteiger partial charge in [-0.1, -0.05) is 12.1 Å². The highest BCUT2D eigenvalue weighted by molar-refractivity contribution is 7.71. The van der Waals surface area contributed by atoms with Gasteiger partial charge in [0, 0.05) is 6.61 Å². The first-order valence-electron chi connectivity index (χ1n) is 6.33. The number of nitrogens with one attached hydrogen (secondary N) is 1. The predicted molar refractivity (Wildman–Crippen MR) is 74.7 cm³/mol. The van der Waals surface area contributed by atoms with Crippen molar-refractivity contribution in [1.29, 1.82) is 0 Å². The number of rotatable bonds is 3. The van der Waals surface area contributed by atoms with Gasteiger partial charge in [-0.15, -0.1) is 0 Å². The van der Waals surface area contributed by atoms with Crippen LogP contribution in [-0.2, 0) is 4.74 Å². The Morgan fingerprint density at radius 3 is 3.20 bits per heavy atom. The maximum atomic E-state index is 13.1. The van der Waals surface area contributed by atoms with E-state index >= 15 is 0 Å². The third-order valence-electron chi connectivity index (χ3n) is 3.06. The van der Waals surface area contributed by atoms with Gasteiger partial charge in [-0.05, 0) is 42.8 Å². The lowest BCUT2D eigenvalue weighted by Gasteiger charge is -2.07. The smallest absolute Gasteiger partial charge is 0.216 e. The Labute approximate surface area is 120 Å². The molecule has 2 heterocycles. The molecule has 1 unspecified atom stereocenters. The van der Waals surface area contributed by atoms with Crippen molar-refractivity contribution in [2.75, 3.05) is 6.61 Å². The molecular weight excluding hydrogens is 279 g/mol. The number of benzene rings is 1. The van der Waals surface area contributed by atoms with E-state index in [4.69, 9.17) is 17.0 Å². The normalized spacial score (nSPS) is 18.9. The van der Waals surface area contributed by atoms with Crippen LogP contribution in [0.3, 0.4) is 0 Å². The Morgan fingerprint density at radius 2 is 2.45 bits per heavy atom. The van der Waals surface area contributed by atoms with E-state index in [0.29, 0.717) is 16.2 Å². The van der Waals surface area contributed by atoms with Crippen molar-refractivity contribution in [3.05, 3.63) is 46.2 Å². The van der Waals surface area contributed by atoms with Crippen molar-refractivity contribution in [2.45, 2.75) is 18.9 Å². The van der Waals surface area contributed by atoms with Crippen molar-refractivity contribution >= 4 is 18.4 Å². The molecule has 0 spiro atoms. The minimum atomic E-state index is -0.302. The van der Waals surface area contributed by atoms with E-state index in [1.165, 1.54) is 16.8 Å². The summed E-state index contributed by atoms with van der Waals surface area (Å²) in [5.41, 5.74) is 0.659. The van der Waals surface area contributed by atoms with Crippen LogP contribution in [0.4, 0.5) is 4.39 Å². The van der Waals surface area contributed by atoms with E-state index in [1.807, 2.05) is 0 Å². The molecule has 104 valence electrons. The molecule has 20 heavy (non-hydrogen) atoms. The molecule has 1 aliphatic heterocycles. The Balaban J connectivity index is 1.90. The third kappa shape index (κ3) is 2.68. The minimum Gasteiger partial charge on any atom is -0.370 e. The molecule has 1 fully saturated rings. The average Bonchev–Trinajstić information content (AvgIpc) is 3.06. The zero-order valence-corrected chi connectivity index (χ0v) is 11.4. The van der Waals surface area contributed by atoms with Crippen LogP contribution >= 0.6 is 12.2 Å². The number of nitrogens with zero attached hydrogens (tertiary/aromatic N) is 3. The van der Waals surface area contributed by atoms with Gasteiger partial charge in [0.05, 0.1) is 6.21 Å². The fourth-order valence-electron chi connectivity index (χ4n) is 2.12. The van der Waals surface area contributed by atoms with Crippen molar-refractivity contribution in [3.63, 3.8) is 0 Å². The van der Waals surface area contributed by atoms with Crippen LogP contribution in [-0.4, -0.2) is 27.7 Å². The Kier molecular flexibility index (Phi) is 3.70. The molecule has 3 rings (SSSR count). The molecule has 1 atom stereocenters. The molecule has 7 heteroatoms. The topological polar surface area (TPSA) is 55.2 Å². The van der Waals surface area contributed by atoms with Gasteiger partial charge in [0.15, 0.2) is 5.82 Å². The van der Waals surface area contributed by atoms with Gasteiger partial charge in [-0.25, -0.2) is 4.39 Å². The molecule has 1 aliphatic rings. The summed E-state index contributed by atoms with van der Waals surface area (Å²) in [4.78, 5) is 0. The van der Waals surface area contributed by atoms with E-state index in [-0.39, 0.29) is 11.9 Å². The number of hydrogen-bond donors (Lipinski definition) is 1. The Morgan fingerprint density at radius 1 is 1.55 bits per heavy atom. The quantitative estimate of drug-likeness (QED) is 0.699. The standard InChI is InChI=1S/C13H13FN4OS/c14-10-4-1-3-9(7-10)8-15-18-12(16-17-13(18)20)11-5-2-6-19-11/h1,3-4,7-8,11H,2,5-6H2,(H,17,20)/b15-8-. The first kappa shape index (κ1) is 13.1. The summed E-state index contributed by atoms with van der Waals surface area (Å²) in [6.45, 7) is 0.720. The van der Waals surface area contributed by atoms with Crippen LogP contribution in [0.25, 0.3) is 0 Å². The molecular formula is C13H13FN4OS. The van der Waals surface area contributed by atoms with E-state index < -0.39 is 0 Å². The average molecular weight is 292 g/mol. The molecule has 0 amide bonds. The van der Waals surface area contributed by atoms with Gasteiger partial charge < -0.3 is 4.74 Å². The van der Waals surface area contributed by atoms with Gasteiger partial charge in [-0.3, -0.25) is 5.10 Å². The Bertz CT molecular complexity index is 688. The van der Waals surface area contributed by atoms with Gasteiger partial charge in [0.25, 0.3) is 0 Å². The summed E-state index contributed by atoms with van der Waals surface area (Å²) >= 11 is 5.15. The second kappa shape index (κ2) is 5.64. The second-order valence-electron chi connectivity index (χ2n) is 4.50. The molecule has 0 aliphatic carbocycles. The van der Waals surface area contributed by atoms with E-state index in [2.05, 4.69) is 15.3 Å². The summed E-state index contributed by atoms with van der Waals surface area (Å²) < 4.78 is 20.6. The van der Waals surface area contributed by atoms with Crippen LogP contribution in [0.5, 0.6) is 0 Å². The van der Waals surface area contributed by atoms with E-state index in [0.717, 1.165) is 19.4 Å². The summed E-state index contributed by atoms with van der Waals surface area (Å²) in [5.74, 6) is 0.351. The number of hydrogen-bond acceptors (Lipinski definition) is 4. The van der Waals surface area contributed by atoms with Crippen molar-refractivity contribution in [3.8, 4) is 0 Å². The summed E-state index contributed by atoms with van der Waals surface area (Å²) in [6.07, 6.45) is 3.35. The SMILES string of the molecule is Fc1cccc(/C=N\n2c(C3CCCO3)n[nH]c2=S)c1. The van der Waals surface area contributed by atoms with Gasteiger partial charge in [-0.2, -0.15) is 14.9 Å². The minimum absolute atomic E-state index is 0.0902. The lowest BCUT2D eigenvalue weighted by Crippen LogP contribution is -2.05. The summed E-state index contributed by atoms with van der Waals surface area (Å²) in [6, 6.07) is 6.19. The lowest BCUT2D eigenvalue weighted by atomic mass is 10.2. The van der Waals surface area contributed by atoms with Crippen LogP contribution in [0, 0.1) is 10.6 Å². The number of aromatic amines is 1. The summed E-state index contributed by atoms with van der Waals surface area (Å²) in [5, 5.41) is 11.1. The van der Waals surface area contributed by atoms with E-state index in [1.54, 1.807) is 18.3 Å². The molecule has 2 aromatic rings. The molecule has 5 nitrogen and oxygen atoms in total. The third-order valence-corrected chi connectivity index (χ3v) is 3.33. The molecule has 0 bridgehead atoms. The number of aromatic nitrogens is 3. The first-order valence-corrected chi connectivity index (χ1v) is 6.74. The highest BCUT2D eigenvalue weighted by Gasteiger charge is 2.23. The van der Waals surface area contributed by atoms with Crippen molar-refractivity contribution in [2.24, 2.45) is 5.10 Å². The van der Waals surface area contributed by atoms with Crippen LogP contribution in [0.1, 0.15) is 30.3 Å². The maximum absolute atomic E-state index is 13.1. The van der Waals surface area contributed by atoms with E-state index in [9.17, 15) is 4.39 Å². The number of ether oxygens (including phenoxy) is 1. The van der Waals surface area contributed by atoms with Gasteiger partial charge in [0.2, 0.25) is 4.77 Å². The van der Waals surface area contributed by atoms with Crippen LogP contribution in [0.2, 0.25) is 0 Å². The van der Waals surface area contributed by atoms with Crippen molar-refractivity contribution < 1.29 is 9.13 Å². The predicted octanol–water partition coefficient (Wildman–Crippen LogP) is 2.81. The number of halogens is 1. The zero-order valence-electron chi connectivity index (χ0n) is 10.6. The van der Waals surface area contributed by atoms with Gasteiger partial charge >= 0.3 is 0 Å². The second-order valence-corrected chi connectivity index (χ2v) is 4.89. The maximum Gasteiger partial charge on any atom is 0.216 e. The zero-order chi connectivity index (χ0) is 13.9. The van der Waals surface area contributed by atoms with Crippen molar-refractivity contribution in [1.82, 2.24) is 14.9 Å². The summed E-state index contributed by atoms with van der Waals surface area (Å²) in [7, 11) is 0. The highest BCUT2D eigenvalue weighted by Crippen LogP contribution is 2.26. The van der Waals surface area contributed by atoms with Crippen LogP contribution < -0.4 is 0 Å². The fraction of sp³-hybridized carbons (Fsp3) is 0.308.